The van der Waals surface area contributed by atoms with Crippen LogP contribution in [0.5, 0.6) is 0 Å². The molecule has 3 nitrogen and oxygen atoms in total. The Bertz CT molecular complexity index is 392. The van der Waals surface area contributed by atoms with Gasteiger partial charge in [0.05, 0.1) is 0 Å². The average Bonchev–Trinajstić information content (AvgIpc) is 2.49. The van der Waals surface area contributed by atoms with Crippen molar-refractivity contribution >= 4 is 5.69 Å². The predicted molar refractivity (Wildman–Crippen MR) is 85.3 cm³/mol. The van der Waals surface area contributed by atoms with E-state index in [1.165, 1.54) is 37.2 Å². The highest BCUT2D eigenvalue weighted by molar-refractivity contribution is 5.49. The SMILES string of the molecule is C[C@H]1CC[C@H](c2cccc(N3CCN(C)CC3)c2)NC1. The number of anilines is 1. The maximum absolute atomic E-state index is 3.70. The molecule has 2 heterocycles. The Morgan fingerprint density at radius 1 is 1.10 bits per heavy atom. The normalized spacial score (nSPS) is 28.6. The van der Waals surface area contributed by atoms with Crippen molar-refractivity contribution in [2.75, 3.05) is 44.7 Å². The minimum absolute atomic E-state index is 0.554. The number of benzene rings is 1. The van der Waals surface area contributed by atoms with Crippen molar-refractivity contribution < 1.29 is 0 Å². The van der Waals surface area contributed by atoms with Crippen molar-refractivity contribution in [3.63, 3.8) is 0 Å². The summed E-state index contributed by atoms with van der Waals surface area (Å²) in [5.74, 6) is 0.826. The average molecular weight is 273 g/mol. The highest BCUT2D eigenvalue weighted by Gasteiger charge is 2.20. The van der Waals surface area contributed by atoms with Crippen LogP contribution in [0.2, 0.25) is 0 Å². The molecule has 2 aliphatic rings. The Labute approximate surface area is 123 Å². The highest BCUT2D eigenvalue weighted by atomic mass is 15.2. The molecule has 2 aliphatic heterocycles. The molecule has 3 rings (SSSR count). The zero-order valence-corrected chi connectivity index (χ0v) is 12.8. The lowest BCUT2D eigenvalue weighted by Crippen LogP contribution is -2.44. The molecule has 2 fully saturated rings. The summed E-state index contributed by atoms with van der Waals surface area (Å²) in [7, 11) is 2.21. The standard InChI is InChI=1S/C17H27N3/c1-14-6-7-17(18-13-14)15-4-3-5-16(12-15)20-10-8-19(2)9-11-20/h3-5,12,14,17-18H,6-11,13H2,1-2H3/t14-,17+/m0/s1. The molecule has 2 saturated heterocycles. The maximum atomic E-state index is 3.70. The molecule has 0 amide bonds. The summed E-state index contributed by atoms with van der Waals surface area (Å²) < 4.78 is 0. The van der Waals surface area contributed by atoms with Gasteiger partial charge in [0.2, 0.25) is 0 Å². The number of piperazine rings is 1. The largest absolute Gasteiger partial charge is 0.369 e. The molecule has 110 valence electrons. The van der Waals surface area contributed by atoms with E-state index in [1.54, 1.807) is 0 Å². The second-order valence-corrected chi connectivity index (χ2v) is 6.53. The first-order chi connectivity index (χ1) is 9.72. The van der Waals surface area contributed by atoms with Gasteiger partial charge in [-0.15, -0.1) is 0 Å². The topological polar surface area (TPSA) is 18.5 Å². The first kappa shape index (κ1) is 13.9. The van der Waals surface area contributed by atoms with Crippen molar-refractivity contribution in [1.29, 1.82) is 0 Å². The molecule has 0 radical (unpaired) electrons. The summed E-state index contributed by atoms with van der Waals surface area (Å²) in [5, 5.41) is 3.70. The van der Waals surface area contributed by atoms with Crippen molar-refractivity contribution in [2.45, 2.75) is 25.8 Å². The fraction of sp³-hybridized carbons (Fsp3) is 0.647. The molecule has 20 heavy (non-hydrogen) atoms. The summed E-state index contributed by atoms with van der Waals surface area (Å²) in [4.78, 5) is 4.93. The Balaban J connectivity index is 1.69. The van der Waals surface area contributed by atoms with Gasteiger partial charge in [-0.3, -0.25) is 0 Å². The van der Waals surface area contributed by atoms with Crippen LogP contribution in [0, 0.1) is 5.92 Å². The molecule has 0 aromatic heterocycles. The summed E-state index contributed by atoms with van der Waals surface area (Å²) in [6.45, 7) is 8.13. The fourth-order valence-electron chi connectivity index (χ4n) is 3.29. The molecule has 1 N–H and O–H groups in total. The van der Waals surface area contributed by atoms with Gasteiger partial charge in [-0.05, 0) is 50.0 Å². The van der Waals surface area contributed by atoms with Gasteiger partial charge < -0.3 is 15.1 Å². The van der Waals surface area contributed by atoms with Crippen LogP contribution in [0.25, 0.3) is 0 Å². The minimum atomic E-state index is 0.554. The van der Waals surface area contributed by atoms with Crippen molar-refractivity contribution in [3.8, 4) is 0 Å². The van der Waals surface area contributed by atoms with Gasteiger partial charge in [-0.1, -0.05) is 19.1 Å². The molecule has 0 spiro atoms. The van der Waals surface area contributed by atoms with Crippen LogP contribution < -0.4 is 10.2 Å². The first-order valence-corrected chi connectivity index (χ1v) is 7.99. The summed E-state index contributed by atoms with van der Waals surface area (Å²) in [5.41, 5.74) is 2.87. The third-order valence-electron chi connectivity index (χ3n) is 4.80. The minimum Gasteiger partial charge on any atom is -0.369 e. The number of hydrogen-bond acceptors (Lipinski definition) is 3. The van der Waals surface area contributed by atoms with E-state index >= 15 is 0 Å². The van der Waals surface area contributed by atoms with Crippen LogP contribution in [-0.4, -0.2) is 44.7 Å². The fourth-order valence-corrected chi connectivity index (χ4v) is 3.29. The lowest BCUT2D eigenvalue weighted by molar-refractivity contribution is 0.312. The Morgan fingerprint density at radius 3 is 2.60 bits per heavy atom. The van der Waals surface area contributed by atoms with Crippen LogP contribution in [-0.2, 0) is 0 Å². The summed E-state index contributed by atoms with van der Waals surface area (Å²) >= 11 is 0. The van der Waals surface area contributed by atoms with Gasteiger partial charge in [0.1, 0.15) is 0 Å². The molecular weight excluding hydrogens is 246 g/mol. The third kappa shape index (κ3) is 3.15. The van der Waals surface area contributed by atoms with Crippen LogP contribution >= 0.6 is 0 Å². The van der Waals surface area contributed by atoms with Gasteiger partial charge in [0.15, 0.2) is 0 Å². The third-order valence-corrected chi connectivity index (χ3v) is 4.80. The van der Waals surface area contributed by atoms with Gasteiger partial charge >= 0.3 is 0 Å². The Hall–Kier alpha value is -1.06. The van der Waals surface area contributed by atoms with E-state index in [0.717, 1.165) is 25.6 Å². The second-order valence-electron chi connectivity index (χ2n) is 6.53. The predicted octanol–water partition coefficient (Wildman–Crippen LogP) is 2.50. The number of piperidine rings is 1. The van der Waals surface area contributed by atoms with E-state index in [2.05, 4.69) is 53.4 Å². The maximum Gasteiger partial charge on any atom is 0.0370 e. The highest BCUT2D eigenvalue weighted by Crippen LogP contribution is 2.28. The summed E-state index contributed by atoms with van der Waals surface area (Å²) in [6.07, 6.45) is 2.61. The van der Waals surface area contributed by atoms with Crippen molar-refractivity contribution in [3.05, 3.63) is 29.8 Å². The van der Waals surface area contributed by atoms with E-state index < -0.39 is 0 Å². The molecule has 1 aromatic rings. The molecule has 0 bridgehead atoms. The smallest absolute Gasteiger partial charge is 0.0370 e. The zero-order valence-electron chi connectivity index (χ0n) is 12.8. The van der Waals surface area contributed by atoms with E-state index in [9.17, 15) is 0 Å². The van der Waals surface area contributed by atoms with Crippen LogP contribution in [0.3, 0.4) is 0 Å². The lowest BCUT2D eigenvalue weighted by Gasteiger charge is -2.35. The number of hydrogen-bond donors (Lipinski definition) is 1. The molecule has 1 aromatic carbocycles. The Morgan fingerprint density at radius 2 is 1.90 bits per heavy atom. The number of likely N-dealkylation sites (N-methyl/N-ethyl adjacent to an activating group) is 1. The van der Waals surface area contributed by atoms with Crippen LogP contribution in [0.4, 0.5) is 5.69 Å². The molecule has 0 unspecified atom stereocenters. The number of nitrogens with zero attached hydrogens (tertiary/aromatic N) is 2. The molecular formula is C17H27N3. The lowest BCUT2D eigenvalue weighted by atomic mass is 9.92. The van der Waals surface area contributed by atoms with E-state index in [4.69, 9.17) is 0 Å². The van der Waals surface area contributed by atoms with Gasteiger partial charge in [-0.2, -0.15) is 0 Å². The van der Waals surface area contributed by atoms with Gasteiger partial charge in [0.25, 0.3) is 0 Å². The molecule has 0 aliphatic carbocycles. The van der Waals surface area contributed by atoms with Crippen LogP contribution in [0.15, 0.2) is 24.3 Å². The quantitative estimate of drug-likeness (QED) is 0.893. The number of rotatable bonds is 2. The zero-order chi connectivity index (χ0) is 13.9. The molecule has 0 saturated carbocycles. The Kier molecular flexibility index (Phi) is 4.27. The van der Waals surface area contributed by atoms with Crippen LogP contribution in [0.1, 0.15) is 31.4 Å². The molecule has 3 heteroatoms. The molecule has 2 atom stereocenters. The van der Waals surface area contributed by atoms with Gasteiger partial charge in [0, 0.05) is 37.9 Å². The second kappa shape index (κ2) is 6.15. The van der Waals surface area contributed by atoms with Crippen molar-refractivity contribution in [2.24, 2.45) is 5.92 Å². The van der Waals surface area contributed by atoms with E-state index in [1.807, 2.05) is 0 Å². The summed E-state index contributed by atoms with van der Waals surface area (Å²) in [6, 6.07) is 9.73. The van der Waals surface area contributed by atoms with Crippen molar-refractivity contribution in [1.82, 2.24) is 10.2 Å². The first-order valence-electron chi connectivity index (χ1n) is 7.99. The monoisotopic (exact) mass is 273 g/mol. The van der Waals surface area contributed by atoms with Gasteiger partial charge in [-0.25, -0.2) is 0 Å². The van der Waals surface area contributed by atoms with E-state index in [0.29, 0.717) is 6.04 Å². The van der Waals surface area contributed by atoms with E-state index in [-0.39, 0.29) is 0 Å². The number of nitrogens with one attached hydrogen (secondary N) is 1.